The van der Waals surface area contributed by atoms with Gasteiger partial charge in [-0.15, -0.1) is 0 Å². The lowest BCUT2D eigenvalue weighted by Gasteiger charge is -2.01. The van der Waals surface area contributed by atoms with E-state index in [0.29, 0.717) is 11.5 Å². The third kappa shape index (κ3) is 1.92. The van der Waals surface area contributed by atoms with Gasteiger partial charge in [0.2, 0.25) is 0 Å². The van der Waals surface area contributed by atoms with Gasteiger partial charge in [-0.25, -0.2) is 19.9 Å². The summed E-state index contributed by atoms with van der Waals surface area (Å²) in [5.74, 6) is 0.491. The van der Waals surface area contributed by atoms with E-state index in [1.54, 1.807) is 18.6 Å². The number of nitrogens with zero attached hydrogens (tertiary/aromatic N) is 4. The normalized spacial score (nSPS) is 10.8. The molecule has 0 amide bonds. The van der Waals surface area contributed by atoms with Gasteiger partial charge in [0.1, 0.15) is 22.7 Å². The van der Waals surface area contributed by atoms with Crippen LogP contribution in [0.15, 0.2) is 40.9 Å². The van der Waals surface area contributed by atoms with Gasteiger partial charge in [-0.2, -0.15) is 0 Å². The molecule has 84 valence electrons. The molecule has 17 heavy (non-hydrogen) atoms. The number of imidazole rings is 1. The molecular weight excluding hydrogens is 236 g/mol. The molecule has 0 unspecified atom stereocenters. The predicted molar refractivity (Wildman–Crippen MR) is 64.5 cm³/mol. The van der Waals surface area contributed by atoms with Crippen LogP contribution in [0, 0.1) is 0 Å². The van der Waals surface area contributed by atoms with Gasteiger partial charge in [-0.05, 0) is 12.1 Å². The highest BCUT2D eigenvalue weighted by molar-refractivity contribution is 7.99. The van der Waals surface area contributed by atoms with Crippen molar-refractivity contribution in [3.63, 3.8) is 0 Å². The Morgan fingerprint density at radius 2 is 2.12 bits per heavy atom. The van der Waals surface area contributed by atoms with Crippen LogP contribution in [0.5, 0.6) is 0 Å². The lowest BCUT2D eigenvalue weighted by molar-refractivity contribution is 1.08. The first-order valence-electron chi connectivity index (χ1n) is 4.86. The van der Waals surface area contributed by atoms with Crippen LogP contribution in [0.4, 0.5) is 5.82 Å². The number of nitrogen functional groups attached to an aromatic ring is 1. The van der Waals surface area contributed by atoms with Gasteiger partial charge in [-0.1, -0.05) is 11.8 Å². The van der Waals surface area contributed by atoms with Gasteiger partial charge in [0.25, 0.3) is 0 Å². The smallest absolute Gasteiger partial charge is 0.181 e. The summed E-state index contributed by atoms with van der Waals surface area (Å²) in [5.41, 5.74) is 7.11. The molecule has 3 aromatic heterocycles. The Kier molecular flexibility index (Phi) is 2.37. The summed E-state index contributed by atoms with van der Waals surface area (Å²) in [6.07, 6.45) is 4.77. The van der Waals surface area contributed by atoms with Crippen molar-refractivity contribution in [2.75, 3.05) is 5.73 Å². The molecule has 0 aliphatic carbocycles. The summed E-state index contributed by atoms with van der Waals surface area (Å²) < 4.78 is 0. The standard InChI is InChI=1S/C10H8N6S/c11-7-3-6(1-2-12-7)17-10-8-9(14-4-13-8)15-5-16-10/h1-5H,(H2,11,12)(H,13,14,15,16). The van der Waals surface area contributed by atoms with E-state index in [1.807, 2.05) is 6.07 Å². The van der Waals surface area contributed by atoms with Crippen molar-refractivity contribution >= 4 is 28.7 Å². The second-order valence-electron chi connectivity index (χ2n) is 3.30. The van der Waals surface area contributed by atoms with Crippen molar-refractivity contribution in [2.24, 2.45) is 0 Å². The molecule has 3 heterocycles. The summed E-state index contributed by atoms with van der Waals surface area (Å²) in [6, 6.07) is 3.68. The van der Waals surface area contributed by atoms with E-state index in [-0.39, 0.29) is 0 Å². The van der Waals surface area contributed by atoms with Gasteiger partial charge < -0.3 is 10.7 Å². The number of nitrogens with two attached hydrogens (primary N) is 1. The van der Waals surface area contributed by atoms with E-state index < -0.39 is 0 Å². The van der Waals surface area contributed by atoms with Crippen LogP contribution in [-0.4, -0.2) is 24.9 Å². The number of rotatable bonds is 2. The largest absolute Gasteiger partial charge is 0.384 e. The molecule has 0 radical (unpaired) electrons. The highest BCUT2D eigenvalue weighted by Crippen LogP contribution is 2.29. The molecule has 0 aromatic carbocycles. The monoisotopic (exact) mass is 244 g/mol. The number of hydrogen-bond donors (Lipinski definition) is 2. The minimum absolute atomic E-state index is 0.491. The Hall–Kier alpha value is -2.15. The minimum Gasteiger partial charge on any atom is -0.384 e. The SMILES string of the molecule is Nc1cc(Sc2ncnc3nc[nH]c23)ccn1. The van der Waals surface area contributed by atoms with Crippen LogP contribution in [-0.2, 0) is 0 Å². The van der Waals surface area contributed by atoms with Crippen molar-refractivity contribution in [3.8, 4) is 0 Å². The molecule has 0 bridgehead atoms. The lowest BCUT2D eigenvalue weighted by atomic mass is 10.5. The first-order valence-corrected chi connectivity index (χ1v) is 5.68. The van der Waals surface area contributed by atoms with Gasteiger partial charge >= 0.3 is 0 Å². The van der Waals surface area contributed by atoms with Gasteiger partial charge in [0.15, 0.2) is 5.65 Å². The number of hydrogen-bond acceptors (Lipinski definition) is 6. The van der Waals surface area contributed by atoms with Crippen molar-refractivity contribution < 1.29 is 0 Å². The fourth-order valence-corrected chi connectivity index (χ4v) is 2.31. The van der Waals surface area contributed by atoms with Gasteiger partial charge in [-0.3, -0.25) is 0 Å². The number of H-pyrrole nitrogens is 1. The van der Waals surface area contributed by atoms with Gasteiger partial charge in [0, 0.05) is 11.1 Å². The average Bonchev–Trinajstić information content (AvgIpc) is 2.78. The maximum Gasteiger partial charge on any atom is 0.181 e. The second kappa shape index (κ2) is 4.02. The summed E-state index contributed by atoms with van der Waals surface area (Å²) in [4.78, 5) is 20.3. The first-order chi connectivity index (χ1) is 8.33. The third-order valence-electron chi connectivity index (χ3n) is 2.16. The molecule has 3 N–H and O–H groups in total. The van der Waals surface area contributed by atoms with E-state index in [2.05, 4.69) is 24.9 Å². The average molecular weight is 244 g/mol. The van der Waals surface area contributed by atoms with E-state index >= 15 is 0 Å². The molecule has 0 aliphatic rings. The van der Waals surface area contributed by atoms with Crippen molar-refractivity contribution in [2.45, 2.75) is 9.92 Å². The molecule has 7 heteroatoms. The summed E-state index contributed by atoms with van der Waals surface area (Å²) in [5, 5.41) is 0.818. The number of anilines is 1. The molecule has 3 rings (SSSR count). The Morgan fingerprint density at radius 3 is 3.00 bits per heavy atom. The Bertz CT molecular complexity index is 664. The molecule has 0 saturated heterocycles. The zero-order valence-electron chi connectivity index (χ0n) is 8.66. The molecular formula is C10H8N6S. The van der Waals surface area contributed by atoms with E-state index in [1.165, 1.54) is 18.1 Å². The lowest BCUT2D eigenvalue weighted by Crippen LogP contribution is -1.89. The maximum atomic E-state index is 5.63. The maximum absolute atomic E-state index is 5.63. The second-order valence-corrected chi connectivity index (χ2v) is 4.36. The Balaban J connectivity index is 2.02. The molecule has 0 fully saturated rings. The van der Waals surface area contributed by atoms with Crippen LogP contribution in [0.25, 0.3) is 11.2 Å². The van der Waals surface area contributed by atoms with Crippen LogP contribution in [0.3, 0.4) is 0 Å². The molecule has 0 spiro atoms. The van der Waals surface area contributed by atoms with Crippen molar-refractivity contribution in [1.29, 1.82) is 0 Å². The first kappa shape index (κ1) is 10.0. The summed E-state index contributed by atoms with van der Waals surface area (Å²) in [7, 11) is 0. The fraction of sp³-hybridized carbons (Fsp3) is 0. The Morgan fingerprint density at radius 1 is 1.18 bits per heavy atom. The van der Waals surface area contributed by atoms with Crippen LogP contribution in [0.2, 0.25) is 0 Å². The van der Waals surface area contributed by atoms with E-state index in [0.717, 1.165) is 15.4 Å². The molecule has 0 atom stereocenters. The van der Waals surface area contributed by atoms with Crippen molar-refractivity contribution in [3.05, 3.63) is 31.0 Å². The summed E-state index contributed by atoms with van der Waals surface area (Å²) in [6.45, 7) is 0. The highest BCUT2D eigenvalue weighted by atomic mass is 32.2. The number of aromatic nitrogens is 5. The zero-order valence-corrected chi connectivity index (χ0v) is 9.48. The van der Waals surface area contributed by atoms with Gasteiger partial charge in [0.05, 0.1) is 6.33 Å². The minimum atomic E-state index is 0.491. The molecule has 3 aromatic rings. The molecule has 0 aliphatic heterocycles. The third-order valence-corrected chi connectivity index (χ3v) is 3.15. The fourth-order valence-electron chi connectivity index (χ4n) is 1.42. The topological polar surface area (TPSA) is 93.4 Å². The number of aromatic amines is 1. The predicted octanol–water partition coefficient (Wildman–Crippen LogP) is 1.48. The zero-order chi connectivity index (χ0) is 11.7. The van der Waals surface area contributed by atoms with Crippen LogP contribution < -0.4 is 5.73 Å². The Labute approximate surface area is 101 Å². The van der Waals surface area contributed by atoms with E-state index in [9.17, 15) is 0 Å². The van der Waals surface area contributed by atoms with Crippen LogP contribution >= 0.6 is 11.8 Å². The number of pyridine rings is 1. The number of nitrogens with one attached hydrogen (secondary N) is 1. The summed E-state index contributed by atoms with van der Waals surface area (Å²) >= 11 is 1.49. The quantitative estimate of drug-likeness (QED) is 0.663. The highest BCUT2D eigenvalue weighted by Gasteiger charge is 2.07. The molecule has 0 saturated carbocycles. The molecule has 6 nitrogen and oxygen atoms in total. The van der Waals surface area contributed by atoms with E-state index in [4.69, 9.17) is 5.73 Å². The van der Waals surface area contributed by atoms with Crippen molar-refractivity contribution in [1.82, 2.24) is 24.9 Å². The number of fused-ring (bicyclic) bond motifs is 1. The van der Waals surface area contributed by atoms with Crippen LogP contribution in [0.1, 0.15) is 0 Å².